The van der Waals surface area contributed by atoms with Gasteiger partial charge in [0, 0.05) is 12.6 Å². The van der Waals surface area contributed by atoms with Crippen LogP contribution in [0.1, 0.15) is 47.0 Å². The summed E-state index contributed by atoms with van der Waals surface area (Å²) in [5, 5.41) is 3.50. The fraction of sp³-hybridized carbons (Fsp3) is 0.643. The largest absolute Gasteiger partial charge is 0.365 e. The Hall–Kier alpha value is -1.05. The quantitative estimate of drug-likeness (QED) is 0.413. The SMILES string of the molecule is C=CCC/C(=C/C)C(=NC)NC(C)(C)CC. The highest BCUT2D eigenvalue weighted by Crippen LogP contribution is 2.12. The molecular weight excluding hydrogens is 196 g/mol. The molecule has 0 heterocycles. The molecule has 0 bridgehead atoms. The lowest BCUT2D eigenvalue weighted by atomic mass is 10.00. The van der Waals surface area contributed by atoms with Crippen LogP contribution in [0.5, 0.6) is 0 Å². The van der Waals surface area contributed by atoms with Gasteiger partial charge < -0.3 is 5.32 Å². The number of allylic oxidation sites excluding steroid dienone is 2. The molecule has 0 amide bonds. The Balaban J connectivity index is 4.66. The highest BCUT2D eigenvalue weighted by atomic mass is 15.0. The van der Waals surface area contributed by atoms with E-state index < -0.39 is 0 Å². The maximum Gasteiger partial charge on any atom is 0.123 e. The third kappa shape index (κ3) is 5.15. The number of aliphatic imine (C=N–C) groups is 1. The summed E-state index contributed by atoms with van der Waals surface area (Å²) in [6.45, 7) is 12.4. The van der Waals surface area contributed by atoms with Crippen molar-refractivity contribution in [2.24, 2.45) is 4.99 Å². The van der Waals surface area contributed by atoms with Crippen molar-refractivity contribution in [1.29, 1.82) is 0 Å². The normalized spacial score (nSPS) is 13.8. The summed E-state index contributed by atoms with van der Waals surface area (Å²) in [6.07, 6.45) is 7.14. The van der Waals surface area contributed by atoms with E-state index >= 15 is 0 Å². The van der Waals surface area contributed by atoms with Gasteiger partial charge in [0.2, 0.25) is 0 Å². The van der Waals surface area contributed by atoms with Gasteiger partial charge >= 0.3 is 0 Å². The molecule has 2 heteroatoms. The minimum Gasteiger partial charge on any atom is -0.365 e. The molecule has 0 aliphatic rings. The molecule has 0 saturated heterocycles. The van der Waals surface area contributed by atoms with E-state index in [0.29, 0.717) is 0 Å². The van der Waals surface area contributed by atoms with Crippen molar-refractivity contribution in [3.8, 4) is 0 Å². The Morgan fingerprint density at radius 3 is 2.44 bits per heavy atom. The second kappa shape index (κ2) is 7.26. The van der Waals surface area contributed by atoms with E-state index in [0.717, 1.165) is 25.1 Å². The fourth-order valence-electron chi connectivity index (χ4n) is 1.35. The molecule has 0 aromatic rings. The molecule has 0 aliphatic heterocycles. The zero-order chi connectivity index (χ0) is 12.6. The van der Waals surface area contributed by atoms with E-state index in [1.807, 2.05) is 13.1 Å². The summed E-state index contributed by atoms with van der Waals surface area (Å²) < 4.78 is 0. The first kappa shape index (κ1) is 14.9. The van der Waals surface area contributed by atoms with Gasteiger partial charge in [-0.1, -0.05) is 19.1 Å². The predicted octanol–water partition coefficient (Wildman–Crippen LogP) is 3.71. The average Bonchev–Trinajstić information content (AvgIpc) is 2.28. The lowest BCUT2D eigenvalue weighted by molar-refractivity contribution is 0.444. The highest BCUT2D eigenvalue weighted by molar-refractivity contribution is 5.98. The van der Waals surface area contributed by atoms with Crippen LogP contribution in [0.2, 0.25) is 0 Å². The molecule has 0 atom stereocenters. The van der Waals surface area contributed by atoms with Gasteiger partial charge in [-0.3, -0.25) is 4.99 Å². The van der Waals surface area contributed by atoms with Gasteiger partial charge in [0.25, 0.3) is 0 Å². The van der Waals surface area contributed by atoms with E-state index in [2.05, 4.69) is 50.7 Å². The zero-order valence-corrected chi connectivity index (χ0v) is 11.4. The van der Waals surface area contributed by atoms with Crippen LogP contribution in [-0.2, 0) is 0 Å². The number of hydrogen-bond acceptors (Lipinski definition) is 1. The second-order valence-corrected chi connectivity index (χ2v) is 4.58. The number of nitrogens with one attached hydrogen (secondary N) is 1. The van der Waals surface area contributed by atoms with Crippen molar-refractivity contribution in [1.82, 2.24) is 5.32 Å². The lowest BCUT2D eigenvalue weighted by Crippen LogP contribution is -2.43. The summed E-state index contributed by atoms with van der Waals surface area (Å²) in [7, 11) is 1.84. The van der Waals surface area contributed by atoms with Crippen LogP contribution in [-0.4, -0.2) is 18.4 Å². The smallest absolute Gasteiger partial charge is 0.123 e. The van der Waals surface area contributed by atoms with E-state index in [-0.39, 0.29) is 5.54 Å². The second-order valence-electron chi connectivity index (χ2n) is 4.58. The van der Waals surface area contributed by atoms with Crippen molar-refractivity contribution in [2.75, 3.05) is 7.05 Å². The van der Waals surface area contributed by atoms with Gasteiger partial charge in [-0.05, 0) is 45.6 Å². The van der Waals surface area contributed by atoms with Crippen molar-refractivity contribution < 1.29 is 0 Å². The van der Waals surface area contributed by atoms with Crippen LogP contribution in [0.4, 0.5) is 0 Å². The maximum absolute atomic E-state index is 4.35. The maximum atomic E-state index is 4.35. The lowest BCUT2D eigenvalue weighted by Gasteiger charge is -2.27. The Labute approximate surface area is 101 Å². The Kier molecular flexibility index (Phi) is 6.78. The zero-order valence-electron chi connectivity index (χ0n) is 11.4. The van der Waals surface area contributed by atoms with Crippen molar-refractivity contribution in [3.63, 3.8) is 0 Å². The molecule has 1 N–H and O–H groups in total. The highest BCUT2D eigenvalue weighted by Gasteiger charge is 2.17. The number of rotatable bonds is 6. The molecule has 0 aliphatic carbocycles. The summed E-state index contributed by atoms with van der Waals surface area (Å²) >= 11 is 0. The van der Waals surface area contributed by atoms with E-state index in [1.54, 1.807) is 0 Å². The van der Waals surface area contributed by atoms with Crippen LogP contribution in [0.15, 0.2) is 29.3 Å². The molecule has 0 aromatic heterocycles. The minimum atomic E-state index is 0.0945. The fourth-order valence-corrected chi connectivity index (χ4v) is 1.35. The summed E-state index contributed by atoms with van der Waals surface area (Å²) in [5.74, 6) is 1.01. The Morgan fingerprint density at radius 1 is 1.44 bits per heavy atom. The summed E-state index contributed by atoms with van der Waals surface area (Å²) in [6, 6.07) is 0. The van der Waals surface area contributed by atoms with E-state index in [9.17, 15) is 0 Å². The first-order valence-corrected chi connectivity index (χ1v) is 6.02. The number of amidine groups is 1. The van der Waals surface area contributed by atoms with Crippen LogP contribution in [0.3, 0.4) is 0 Å². The van der Waals surface area contributed by atoms with Gasteiger partial charge in [-0.2, -0.15) is 0 Å². The van der Waals surface area contributed by atoms with Crippen molar-refractivity contribution >= 4 is 5.84 Å². The monoisotopic (exact) mass is 222 g/mol. The first-order chi connectivity index (χ1) is 7.50. The first-order valence-electron chi connectivity index (χ1n) is 6.02. The third-order valence-electron chi connectivity index (χ3n) is 2.83. The van der Waals surface area contributed by atoms with Crippen LogP contribution in [0, 0.1) is 0 Å². The molecule has 2 nitrogen and oxygen atoms in total. The Bertz CT molecular complexity index is 272. The molecular formula is C14H26N2. The van der Waals surface area contributed by atoms with Crippen molar-refractivity contribution in [3.05, 3.63) is 24.3 Å². The van der Waals surface area contributed by atoms with Gasteiger partial charge in [-0.25, -0.2) is 0 Å². The number of hydrogen-bond donors (Lipinski definition) is 1. The molecule has 0 aromatic carbocycles. The minimum absolute atomic E-state index is 0.0945. The third-order valence-corrected chi connectivity index (χ3v) is 2.83. The predicted molar refractivity (Wildman–Crippen MR) is 74.1 cm³/mol. The molecule has 0 unspecified atom stereocenters. The number of nitrogens with zero attached hydrogens (tertiary/aromatic N) is 1. The van der Waals surface area contributed by atoms with Crippen LogP contribution in [0.25, 0.3) is 0 Å². The molecule has 16 heavy (non-hydrogen) atoms. The van der Waals surface area contributed by atoms with Crippen LogP contribution >= 0.6 is 0 Å². The van der Waals surface area contributed by atoms with Gasteiger partial charge in [0.1, 0.15) is 5.84 Å². The van der Waals surface area contributed by atoms with E-state index in [1.165, 1.54) is 5.57 Å². The van der Waals surface area contributed by atoms with E-state index in [4.69, 9.17) is 0 Å². The summed E-state index contributed by atoms with van der Waals surface area (Å²) in [5.41, 5.74) is 1.36. The molecule has 92 valence electrons. The molecule has 0 saturated carbocycles. The van der Waals surface area contributed by atoms with Gasteiger partial charge in [0.15, 0.2) is 0 Å². The molecule has 0 spiro atoms. The molecule has 0 radical (unpaired) electrons. The topological polar surface area (TPSA) is 24.4 Å². The Morgan fingerprint density at radius 2 is 2.06 bits per heavy atom. The molecule has 0 rings (SSSR count). The van der Waals surface area contributed by atoms with Gasteiger partial charge in [-0.15, -0.1) is 6.58 Å². The van der Waals surface area contributed by atoms with Crippen LogP contribution < -0.4 is 5.32 Å². The standard InChI is InChI=1S/C14H26N2/c1-7-10-11-12(8-2)13(15-6)16-14(4,5)9-3/h7-8H,1,9-11H2,2-6H3,(H,15,16)/b12-8-. The van der Waals surface area contributed by atoms with Crippen molar-refractivity contribution in [2.45, 2.75) is 52.5 Å². The van der Waals surface area contributed by atoms with Gasteiger partial charge in [0.05, 0.1) is 0 Å². The summed E-state index contributed by atoms with van der Waals surface area (Å²) in [4.78, 5) is 4.35. The molecule has 0 fully saturated rings. The average molecular weight is 222 g/mol.